The van der Waals surface area contributed by atoms with Crippen molar-refractivity contribution in [2.24, 2.45) is 11.8 Å². The van der Waals surface area contributed by atoms with Gasteiger partial charge in [0.15, 0.2) is 0 Å². The van der Waals surface area contributed by atoms with Crippen LogP contribution >= 0.6 is 0 Å². The lowest BCUT2D eigenvalue weighted by atomic mass is 9.74. The van der Waals surface area contributed by atoms with Crippen LogP contribution in [-0.2, 0) is 38.2 Å². The van der Waals surface area contributed by atoms with Crippen molar-refractivity contribution >= 4 is 18.9 Å². The summed E-state index contributed by atoms with van der Waals surface area (Å²) in [5.74, 6) is 0.337. The average Bonchev–Trinajstić information content (AvgIpc) is 3.19. The third kappa shape index (κ3) is 7.43. The number of nitrogens with one attached hydrogen (secondary N) is 2. The van der Waals surface area contributed by atoms with E-state index in [9.17, 15) is 9.59 Å². The molecule has 2 aromatic carbocycles. The first-order chi connectivity index (χ1) is 18.6. The topological polar surface area (TPSA) is 85.9 Å². The van der Waals surface area contributed by atoms with Crippen LogP contribution in [0.3, 0.4) is 0 Å². The Morgan fingerprint density at radius 3 is 2.49 bits per heavy atom. The average molecular weight is 535 g/mol. The Hall–Kier alpha value is -2.84. The van der Waals surface area contributed by atoms with E-state index in [4.69, 9.17) is 14.0 Å². The van der Waals surface area contributed by atoms with Crippen molar-refractivity contribution in [3.63, 3.8) is 0 Å². The van der Waals surface area contributed by atoms with Crippen LogP contribution in [0.1, 0.15) is 64.2 Å². The minimum absolute atomic E-state index is 0.0870. The van der Waals surface area contributed by atoms with E-state index in [0.717, 1.165) is 29.7 Å². The van der Waals surface area contributed by atoms with Gasteiger partial charge in [-0.15, -0.1) is 0 Å². The second-order valence-corrected chi connectivity index (χ2v) is 11.9. The zero-order chi connectivity index (χ0) is 28.2. The molecular formula is C31H43BN2O5. The van der Waals surface area contributed by atoms with Crippen molar-refractivity contribution in [2.75, 3.05) is 7.11 Å². The second-order valence-electron chi connectivity index (χ2n) is 11.9. The van der Waals surface area contributed by atoms with Gasteiger partial charge in [0.2, 0.25) is 11.8 Å². The molecule has 1 aliphatic carbocycles. The number of hydrogen-bond donors (Lipinski definition) is 2. The number of ether oxygens (including phenoxy) is 1. The van der Waals surface area contributed by atoms with Crippen LogP contribution < -0.4 is 15.4 Å². The van der Waals surface area contributed by atoms with Crippen molar-refractivity contribution in [3.8, 4) is 5.75 Å². The quantitative estimate of drug-likeness (QED) is 0.444. The Morgan fingerprint density at radius 2 is 1.85 bits per heavy atom. The van der Waals surface area contributed by atoms with Gasteiger partial charge in [0, 0.05) is 12.3 Å². The lowest BCUT2D eigenvalue weighted by Gasteiger charge is -2.29. The molecule has 2 unspecified atom stereocenters. The van der Waals surface area contributed by atoms with Crippen LogP contribution in [0.15, 0.2) is 48.5 Å². The molecule has 1 heterocycles. The van der Waals surface area contributed by atoms with Gasteiger partial charge in [0.25, 0.3) is 0 Å². The van der Waals surface area contributed by atoms with E-state index < -0.39 is 18.8 Å². The number of aryl methyl sites for hydroxylation is 1. The first-order valence-corrected chi connectivity index (χ1v) is 14.2. The molecule has 1 aliphatic heterocycles. The summed E-state index contributed by atoms with van der Waals surface area (Å²) in [6, 6.07) is 15.1. The van der Waals surface area contributed by atoms with Gasteiger partial charge < -0.3 is 24.7 Å². The molecule has 4 rings (SSSR count). The van der Waals surface area contributed by atoms with Gasteiger partial charge in [-0.1, -0.05) is 50.2 Å². The molecule has 1 saturated heterocycles. The van der Waals surface area contributed by atoms with Crippen molar-refractivity contribution in [1.29, 1.82) is 0 Å². The number of methoxy groups -OCH3 is 1. The number of benzene rings is 2. The molecule has 0 radical (unpaired) electrons. The second kappa shape index (κ2) is 12.6. The maximum absolute atomic E-state index is 13.8. The Bertz CT molecular complexity index is 1140. The van der Waals surface area contributed by atoms with Gasteiger partial charge in [-0.25, -0.2) is 0 Å². The molecule has 0 aromatic heterocycles. The molecule has 39 heavy (non-hydrogen) atoms. The first kappa shape index (κ1) is 29.2. The van der Waals surface area contributed by atoms with Gasteiger partial charge in [0.05, 0.1) is 24.8 Å². The van der Waals surface area contributed by atoms with Crippen LogP contribution in [0, 0.1) is 11.8 Å². The molecule has 1 fully saturated rings. The fraction of sp³-hybridized carbons (Fsp3) is 0.548. The molecule has 0 saturated carbocycles. The van der Waals surface area contributed by atoms with E-state index in [-0.39, 0.29) is 29.8 Å². The standard InChI is InChI=1S/C31H43BN2O5/c1-20(2)16-28(32-38-21(3)31(4,5)39-32)34-30(36)27(17-22-10-8-7-9-11-22)33-29(35)25-13-12-24-19-26(37-6)15-14-23(24)18-25/h7-11,14-15,19-21,25,27-28H,12-13,16-18H2,1-6H3,(H,33,35)(H,34,36)/t21?,25?,27-,28-/m0/s1. The number of carbonyl (C=O) groups is 2. The number of carbonyl (C=O) groups excluding carboxylic acids is 2. The summed E-state index contributed by atoms with van der Waals surface area (Å²) in [5.41, 5.74) is 2.93. The monoisotopic (exact) mass is 534 g/mol. The van der Waals surface area contributed by atoms with E-state index in [1.165, 1.54) is 5.56 Å². The maximum atomic E-state index is 13.8. The Morgan fingerprint density at radius 1 is 1.10 bits per heavy atom. The fourth-order valence-corrected chi connectivity index (χ4v) is 5.43. The molecule has 7 nitrogen and oxygen atoms in total. The van der Waals surface area contributed by atoms with Crippen molar-refractivity contribution in [1.82, 2.24) is 10.6 Å². The SMILES string of the molecule is COc1ccc2c(c1)CCC(C(=O)N[C@@H](Cc1ccccc1)C(=O)N[C@@H](CC(C)C)B1OC(C)C(C)(C)O1)C2. The molecule has 4 atom stereocenters. The largest absolute Gasteiger partial charge is 0.497 e. The highest BCUT2D eigenvalue weighted by molar-refractivity contribution is 6.47. The zero-order valence-electron chi connectivity index (χ0n) is 24.2. The highest BCUT2D eigenvalue weighted by Gasteiger charge is 2.48. The summed E-state index contributed by atoms with van der Waals surface area (Å²) in [5, 5.41) is 6.29. The molecule has 2 amide bonds. The first-order valence-electron chi connectivity index (χ1n) is 14.2. The van der Waals surface area contributed by atoms with Gasteiger partial charge in [0.1, 0.15) is 11.8 Å². The number of fused-ring (bicyclic) bond motifs is 1. The lowest BCUT2D eigenvalue weighted by Crippen LogP contribution is -2.56. The smallest absolute Gasteiger partial charge is 0.481 e. The molecule has 0 bridgehead atoms. The van der Waals surface area contributed by atoms with Crippen LogP contribution in [0.25, 0.3) is 0 Å². The summed E-state index contributed by atoms with van der Waals surface area (Å²) in [4.78, 5) is 27.3. The van der Waals surface area contributed by atoms with Gasteiger partial charge >= 0.3 is 7.12 Å². The van der Waals surface area contributed by atoms with Gasteiger partial charge in [-0.3, -0.25) is 9.59 Å². The van der Waals surface area contributed by atoms with Crippen molar-refractivity contribution in [2.45, 2.75) is 90.4 Å². The number of rotatable bonds is 10. The summed E-state index contributed by atoms with van der Waals surface area (Å²) in [6.45, 7) is 10.2. The van der Waals surface area contributed by atoms with Gasteiger partial charge in [-0.2, -0.15) is 0 Å². The minimum Gasteiger partial charge on any atom is -0.497 e. The van der Waals surface area contributed by atoms with Crippen molar-refractivity contribution in [3.05, 3.63) is 65.2 Å². The predicted octanol–water partition coefficient (Wildman–Crippen LogP) is 4.30. The normalized spacial score (nSPS) is 21.7. The molecule has 210 valence electrons. The van der Waals surface area contributed by atoms with E-state index in [0.29, 0.717) is 25.2 Å². The summed E-state index contributed by atoms with van der Waals surface area (Å²) < 4.78 is 17.7. The summed E-state index contributed by atoms with van der Waals surface area (Å²) in [6.07, 6.45) is 3.20. The number of hydrogen-bond acceptors (Lipinski definition) is 5. The molecule has 8 heteroatoms. The highest BCUT2D eigenvalue weighted by Crippen LogP contribution is 2.30. The van der Waals surface area contributed by atoms with Crippen LogP contribution in [0.2, 0.25) is 0 Å². The van der Waals surface area contributed by atoms with Crippen LogP contribution in [-0.4, -0.2) is 49.7 Å². The summed E-state index contributed by atoms with van der Waals surface area (Å²) >= 11 is 0. The Labute approximate surface area is 233 Å². The fourth-order valence-electron chi connectivity index (χ4n) is 5.43. The van der Waals surface area contributed by atoms with Crippen LogP contribution in [0.5, 0.6) is 5.75 Å². The Balaban J connectivity index is 1.49. The number of amides is 2. The molecule has 2 N–H and O–H groups in total. The Kier molecular flexibility index (Phi) is 9.39. The van der Waals surface area contributed by atoms with E-state index in [2.05, 4.69) is 30.5 Å². The van der Waals surface area contributed by atoms with E-state index in [1.807, 2.05) is 63.2 Å². The molecule has 2 aliphatic rings. The third-order valence-electron chi connectivity index (χ3n) is 8.05. The maximum Gasteiger partial charge on any atom is 0.481 e. The van der Waals surface area contributed by atoms with E-state index in [1.54, 1.807) is 7.11 Å². The lowest BCUT2D eigenvalue weighted by molar-refractivity contribution is -0.131. The third-order valence-corrected chi connectivity index (χ3v) is 8.05. The van der Waals surface area contributed by atoms with Gasteiger partial charge in [-0.05, 0) is 81.2 Å². The minimum atomic E-state index is -0.710. The van der Waals surface area contributed by atoms with E-state index >= 15 is 0 Å². The summed E-state index contributed by atoms with van der Waals surface area (Å²) in [7, 11) is 1.12. The zero-order valence-corrected chi connectivity index (χ0v) is 24.2. The molecule has 2 aromatic rings. The predicted molar refractivity (Wildman–Crippen MR) is 153 cm³/mol. The highest BCUT2D eigenvalue weighted by atomic mass is 16.7. The van der Waals surface area contributed by atoms with Crippen molar-refractivity contribution < 1.29 is 23.6 Å². The molecular weight excluding hydrogens is 491 g/mol. The molecule has 0 spiro atoms. The van der Waals surface area contributed by atoms with Crippen LogP contribution in [0.4, 0.5) is 0 Å².